The molecule has 32 heavy (non-hydrogen) atoms. The zero-order valence-corrected chi connectivity index (χ0v) is 19.0. The zero-order valence-electron chi connectivity index (χ0n) is 17.4. The fraction of sp³-hybridized carbons (Fsp3) is 0.192. The van der Waals surface area contributed by atoms with Crippen LogP contribution < -0.4 is 0 Å². The average molecular weight is 461 g/mol. The van der Waals surface area contributed by atoms with Crippen LogP contribution in [-0.2, 0) is 11.4 Å². The molecule has 0 saturated carbocycles. The molecular formula is C26H21ClN2O2S. The van der Waals surface area contributed by atoms with Gasteiger partial charge in [-0.2, -0.15) is 0 Å². The molecule has 1 aromatic heterocycles. The van der Waals surface area contributed by atoms with Gasteiger partial charge in [0.15, 0.2) is 6.23 Å². The lowest BCUT2D eigenvalue weighted by molar-refractivity contribution is -0.0771. The first-order valence-corrected chi connectivity index (χ1v) is 11.8. The molecule has 0 bridgehead atoms. The molecule has 0 unspecified atom stereocenters. The zero-order chi connectivity index (χ0) is 21.8. The van der Waals surface area contributed by atoms with Gasteiger partial charge in [-0.25, -0.2) is 0 Å². The van der Waals surface area contributed by atoms with Crippen LogP contribution in [0, 0.1) is 0 Å². The maximum atomic E-state index is 10.2. The third kappa shape index (κ3) is 3.04. The molecule has 3 atom stereocenters. The van der Waals surface area contributed by atoms with E-state index in [2.05, 4.69) is 41.2 Å². The number of phenols is 1. The summed E-state index contributed by atoms with van der Waals surface area (Å²) < 4.78 is 1.18. The third-order valence-corrected chi connectivity index (χ3v) is 8.22. The third-order valence-electron chi connectivity index (χ3n) is 6.52. The standard InChI is InChI=1S/C26H21ClN2O2S/c1-15-20-13-17(30)11-12-18(20)23-25(16-7-3-2-4-8-16)28-31-26(23)29(15)14-22-24(27)19-9-5-6-10-21(19)32-22/h2-13,15,23,26,30H,14H2,1H3/t15-,23+,26-/m1/s1. The second-order valence-electron chi connectivity index (χ2n) is 8.31. The van der Waals surface area contributed by atoms with Crippen molar-refractivity contribution in [2.45, 2.75) is 31.7 Å². The quantitative estimate of drug-likeness (QED) is 0.371. The predicted molar refractivity (Wildman–Crippen MR) is 129 cm³/mol. The van der Waals surface area contributed by atoms with Crippen LogP contribution in [0.15, 0.2) is 78.0 Å². The van der Waals surface area contributed by atoms with Gasteiger partial charge >= 0.3 is 0 Å². The maximum Gasteiger partial charge on any atom is 0.194 e. The van der Waals surface area contributed by atoms with Crippen molar-refractivity contribution in [3.63, 3.8) is 0 Å². The Balaban J connectivity index is 1.45. The molecule has 2 aliphatic heterocycles. The molecule has 6 rings (SSSR count). The van der Waals surface area contributed by atoms with Crippen LogP contribution in [0.25, 0.3) is 10.1 Å². The summed E-state index contributed by atoms with van der Waals surface area (Å²) in [5.74, 6) is 0.225. The van der Waals surface area contributed by atoms with Gasteiger partial charge < -0.3 is 9.94 Å². The van der Waals surface area contributed by atoms with E-state index in [4.69, 9.17) is 16.4 Å². The summed E-state index contributed by atoms with van der Waals surface area (Å²) in [7, 11) is 0. The number of benzene rings is 3. The Kier molecular flexibility index (Phi) is 4.72. The Hall–Kier alpha value is -2.86. The lowest BCUT2D eigenvalue weighted by Gasteiger charge is -2.41. The van der Waals surface area contributed by atoms with Gasteiger partial charge in [0.1, 0.15) is 5.75 Å². The predicted octanol–water partition coefficient (Wildman–Crippen LogP) is 6.68. The van der Waals surface area contributed by atoms with Gasteiger partial charge in [0, 0.05) is 33.1 Å². The number of halogens is 1. The fourth-order valence-corrected chi connectivity index (χ4v) is 6.42. The molecule has 0 spiro atoms. The van der Waals surface area contributed by atoms with Gasteiger partial charge in [0.05, 0.1) is 16.7 Å². The molecule has 1 N–H and O–H groups in total. The van der Waals surface area contributed by atoms with E-state index in [1.165, 1.54) is 4.70 Å². The Labute approximate surface area is 195 Å². The number of nitrogens with zero attached hydrogens (tertiary/aromatic N) is 2. The number of thiophene rings is 1. The number of aromatic hydroxyl groups is 1. The topological polar surface area (TPSA) is 45.1 Å². The van der Waals surface area contributed by atoms with Crippen molar-refractivity contribution in [1.29, 1.82) is 0 Å². The Morgan fingerprint density at radius 3 is 2.62 bits per heavy atom. The summed E-state index contributed by atoms with van der Waals surface area (Å²) in [5, 5.41) is 16.7. The first-order valence-electron chi connectivity index (χ1n) is 10.7. The molecule has 160 valence electrons. The van der Waals surface area contributed by atoms with Crippen molar-refractivity contribution in [3.8, 4) is 5.75 Å². The average Bonchev–Trinajstić information content (AvgIpc) is 3.39. The van der Waals surface area contributed by atoms with E-state index in [9.17, 15) is 5.11 Å². The number of phenolic OH excluding ortho intramolecular Hbond substituents is 1. The molecular weight excluding hydrogens is 440 g/mol. The van der Waals surface area contributed by atoms with Crippen LogP contribution in [0.2, 0.25) is 5.02 Å². The molecule has 0 saturated heterocycles. The van der Waals surface area contributed by atoms with Crippen molar-refractivity contribution >= 4 is 38.7 Å². The minimum absolute atomic E-state index is 0.0324. The van der Waals surface area contributed by atoms with Gasteiger partial charge in [0.25, 0.3) is 0 Å². The van der Waals surface area contributed by atoms with E-state index in [1.807, 2.05) is 42.5 Å². The molecule has 0 amide bonds. The number of rotatable bonds is 3. The summed E-state index contributed by atoms with van der Waals surface area (Å²) in [6.45, 7) is 2.80. The number of hydrogen-bond acceptors (Lipinski definition) is 5. The molecule has 6 heteroatoms. The number of hydrogen-bond donors (Lipinski definition) is 1. The van der Waals surface area contributed by atoms with Gasteiger partial charge in [-0.15, -0.1) is 11.3 Å². The molecule has 2 aliphatic rings. The van der Waals surface area contributed by atoms with Crippen LogP contribution in [-0.4, -0.2) is 21.9 Å². The SMILES string of the molecule is C[C@@H]1c2cc(O)ccc2[C@H]2C(c3ccccc3)=NO[C@H]2N1Cc1sc2ccccc2c1Cl. The van der Waals surface area contributed by atoms with E-state index in [-0.39, 0.29) is 23.9 Å². The monoisotopic (exact) mass is 460 g/mol. The van der Waals surface area contributed by atoms with Crippen molar-refractivity contribution in [2.24, 2.45) is 5.16 Å². The molecule has 3 heterocycles. The minimum Gasteiger partial charge on any atom is -0.508 e. The van der Waals surface area contributed by atoms with Crippen LogP contribution in [0.5, 0.6) is 5.75 Å². The first-order chi connectivity index (χ1) is 15.6. The van der Waals surface area contributed by atoms with Crippen molar-refractivity contribution in [1.82, 2.24) is 4.90 Å². The summed E-state index contributed by atoms with van der Waals surface area (Å²) in [4.78, 5) is 9.51. The van der Waals surface area contributed by atoms with Gasteiger partial charge in [-0.3, -0.25) is 4.90 Å². The van der Waals surface area contributed by atoms with Crippen LogP contribution in [0.1, 0.15) is 40.5 Å². The van der Waals surface area contributed by atoms with Crippen LogP contribution in [0.4, 0.5) is 0 Å². The maximum absolute atomic E-state index is 10.2. The van der Waals surface area contributed by atoms with E-state index in [0.717, 1.165) is 37.7 Å². The molecule has 4 aromatic rings. The van der Waals surface area contributed by atoms with Gasteiger partial charge in [-0.05, 0) is 36.2 Å². The minimum atomic E-state index is -0.237. The Bertz CT molecular complexity index is 1350. The first kappa shape index (κ1) is 19.8. The van der Waals surface area contributed by atoms with E-state index in [0.29, 0.717) is 6.54 Å². The van der Waals surface area contributed by atoms with E-state index in [1.54, 1.807) is 17.4 Å². The summed E-state index contributed by atoms with van der Waals surface area (Å²) in [6, 6.07) is 24.1. The van der Waals surface area contributed by atoms with Crippen LogP contribution in [0.3, 0.4) is 0 Å². The second-order valence-corrected chi connectivity index (χ2v) is 9.83. The summed E-state index contributed by atoms with van der Waals surface area (Å²) in [5.41, 5.74) is 4.21. The molecule has 0 fully saturated rings. The van der Waals surface area contributed by atoms with Gasteiger partial charge in [0.2, 0.25) is 0 Å². The largest absolute Gasteiger partial charge is 0.508 e. The molecule has 4 nitrogen and oxygen atoms in total. The Morgan fingerprint density at radius 2 is 1.81 bits per heavy atom. The fourth-order valence-electron chi connectivity index (χ4n) is 4.92. The highest BCUT2D eigenvalue weighted by atomic mass is 35.5. The normalized spacial score (nSPS) is 22.3. The second kappa shape index (κ2) is 7.62. The summed E-state index contributed by atoms with van der Waals surface area (Å²) in [6.07, 6.45) is -0.237. The van der Waals surface area contributed by atoms with E-state index < -0.39 is 0 Å². The molecule has 0 radical (unpaired) electrons. The highest BCUT2D eigenvalue weighted by Gasteiger charge is 2.47. The van der Waals surface area contributed by atoms with Crippen LogP contribution >= 0.6 is 22.9 Å². The molecule has 3 aromatic carbocycles. The van der Waals surface area contributed by atoms with Crippen molar-refractivity contribution < 1.29 is 9.94 Å². The lowest BCUT2D eigenvalue weighted by Crippen LogP contribution is -2.45. The highest BCUT2D eigenvalue weighted by Crippen LogP contribution is 2.48. The number of fused-ring (bicyclic) bond motifs is 4. The Morgan fingerprint density at radius 1 is 1.03 bits per heavy atom. The summed E-state index contributed by atoms with van der Waals surface area (Å²) >= 11 is 8.51. The number of oxime groups is 1. The van der Waals surface area contributed by atoms with E-state index >= 15 is 0 Å². The van der Waals surface area contributed by atoms with Crippen molar-refractivity contribution in [2.75, 3.05) is 0 Å². The van der Waals surface area contributed by atoms with Gasteiger partial charge in [-0.1, -0.05) is 71.4 Å². The lowest BCUT2D eigenvalue weighted by atomic mass is 9.80. The van der Waals surface area contributed by atoms with Crippen molar-refractivity contribution in [3.05, 3.63) is 99.4 Å². The molecule has 0 aliphatic carbocycles. The highest BCUT2D eigenvalue weighted by molar-refractivity contribution is 7.19. The smallest absolute Gasteiger partial charge is 0.194 e.